The average Bonchev–Trinajstić information content (AvgIpc) is 2.66. The van der Waals surface area contributed by atoms with Crippen molar-refractivity contribution in [1.82, 2.24) is 4.90 Å². The van der Waals surface area contributed by atoms with Gasteiger partial charge in [0.25, 0.3) is 0 Å². The molecule has 2 rings (SSSR count). The molecule has 0 aromatic carbocycles. The highest BCUT2D eigenvalue weighted by Crippen LogP contribution is 2.40. The summed E-state index contributed by atoms with van der Waals surface area (Å²) in [6.07, 6.45) is 2.54. The molecule has 96 valence electrons. The molecule has 17 heavy (non-hydrogen) atoms. The third-order valence-electron chi connectivity index (χ3n) is 3.98. The summed E-state index contributed by atoms with van der Waals surface area (Å²) < 4.78 is 4.75. The number of ether oxygens (including phenoxy) is 1. The number of likely N-dealkylation sites (tertiary alicyclic amines) is 1. The normalized spacial score (nSPS) is 36.5. The molecule has 0 aromatic heterocycles. The van der Waals surface area contributed by atoms with E-state index in [1.54, 1.807) is 4.90 Å². The Labute approximate surface area is 101 Å². The van der Waals surface area contributed by atoms with Gasteiger partial charge in [-0.15, -0.1) is 0 Å². The maximum Gasteiger partial charge on any atom is 0.328 e. The third-order valence-corrected chi connectivity index (χ3v) is 3.98. The molecule has 5 nitrogen and oxygen atoms in total. The van der Waals surface area contributed by atoms with Crippen LogP contribution in [-0.4, -0.2) is 47.2 Å². The second-order valence-electron chi connectivity index (χ2n) is 5.00. The molecular weight excluding hydrogens is 222 g/mol. The maximum atomic E-state index is 11.7. The van der Waals surface area contributed by atoms with Gasteiger partial charge in [-0.25, -0.2) is 4.79 Å². The van der Waals surface area contributed by atoms with E-state index in [1.807, 2.05) is 0 Å². The molecule has 5 heteroatoms. The Hall–Kier alpha value is -1.10. The van der Waals surface area contributed by atoms with Crippen LogP contribution in [0.2, 0.25) is 0 Å². The van der Waals surface area contributed by atoms with E-state index in [0.717, 1.165) is 12.8 Å². The van der Waals surface area contributed by atoms with Crippen LogP contribution in [0.15, 0.2) is 0 Å². The van der Waals surface area contributed by atoms with Crippen LogP contribution >= 0.6 is 0 Å². The summed E-state index contributed by atoms with van der Waals surface area (Å²) in [4.78, 5) is 25.0. The molecule has 1 saturated heterocycles. The van der Waals surface area contributed by atoms with Gasteiger partial charge in [-0.1, -0.05) is 0 Å². The van der Waals surface area contributed by atoms with Gasteiger partial charge < -0.3 is 14.7 Å². The summed E-state index contributed by atoms with van der Waals surface area (Å²) in [6.45, 7) is 1.47. The average molecular weight is 241 g/mol. The lowest BCUT2D eigenvalue weighted by Crippen LogP contribution is -2.47. The van der Waals surface area contributed by atoms with Crippen LogP contribution in [0, 0.1) is 5.92 Å². The molecule has 1 amide bonds. The van der Waals surface area contributed by atoms with E-state index in [-0.39, 0.29) is 24.0 Å². The number of rotatable bonds is 1. The lowest BCUT2D eigenvalue weighted by molar-refractivity contribution is -0.152. The molecule has 1 aliphatic carbocycles. The molecule has 1 N–H and O–H groups in total. The van der Waals surface area contributed by atoms with Crippen LogP contribution < -0.4 is 0 Å². The highest BCUT2D eigenvalue weighted by atomic mass is 16.5. The number of carbonyl (C=O) groups is 2. The Morgan fingerprint density at radius 3 is 2.59 bits per heavy atom. The van der Waals surface area contributed by atoms with E-state index >= 15 is 0 Å². The van der Waals surface area contributed by atoms with Crippen molar-refractivity contribution in [1.29, 1.82) is 0 Å². The number of carbonyl (C=O) groups excluding carboxylic acids is 2. The van der Waals surface area contributed by atoms with Crippen LogP contribution in [-0.2, 0) is 14.3 Å². The molecule has 1 heterocycles. The number of esters is 1. The number of fused-ring (bicyclic) bond motifs is 1. The van der Waals surface area contributed by atoms with Gasteiger partial charge in [-0.05, 0) is 31.6 Å². The number of aliphatic hydroxyl groups excluding tert-OH is 1. The first kappa shape index (κ1) is 12.4. The Morgan fingerprint density at radius 1 is 1.29 bits per heavy atom. The summed E-state index contributed by atoms with van der Waals surface area (Å²) in [5, 5.41) is 9.68. The van der Waals surface area contributed by atoms with Crippen molar-refractivity contribution in [3.8, 4) is 0 Å². The first-order chi connectivity index (χ1) is 8.04. The van der Waals surface area contributed by atoms with Gasteiger partial charge in [-0.3, -0.25) is 4.79 Å². The molecule has 0 aromatic rings. The lowest BCUT2D eigenvalue weighted by atomic mass is 9.83. The SMILES string of the molecule is COC(=O)[C@@H]1C[C@@H]2CC[C@H](O)C[C@@H]2N1C(C)=O. The van der Waals surface area contributed by atoms with E-state index < -0.39 is 6.04 Å². The fourth-order valence-electron chi connectivity index (χ4n) is 3.23. The van der Waals surface area contributed by atoms with E-state index in [9.17, 15) is 14.7 Å². The molecule has 2 aliphatic rings. The van der Waals surface area contributed by atoms with Crippen molar-refractivity contribution in [2.45, 2.75) is 50.8 Å². The third kappa shape index (κ3) is 2.16. The van der Waals surface area contributed by atoms with Gasteiger partial charge in [0.2, 0.25) is 5.91 Å². The van der Waals surface area contributed by atoms with Crippen molar-refractivity contribution in [2.24, 2.45) is 5.92 Å². The first-order valence-electron chi connectivity index (χ1n) is 6.09. The van der Waals surface area contributed by atoms with Crippen molar-refractivity contribution >= 4 is 11.9 Å². The van der Waals surface area contributed by atoms with Gasteiger partial charge >= 0.3 is 5.97 Å². The minimum absolute atomic E-state index is 0.000324. The summed E-state index contributed by atoms with van der Waals surface area (Å²) in [5.74, 6) is -0.127. The van der Waals surface area contributed by atoms with E-state index in [4.69, 9.17) is 4.74 Å². The van der Waals surface area contributed by atoms with Gasteiger partial charge in [0.15, 0.2) is 0 Å². The van der Waals surface area contributed by atoms with Crippen molar-refractivity contribution in [2.75, 3.05) is 7.11 Å². The quantitative estimate of drug-likeness (QED) is 0.671. The van der Waals surface area contributed by atoms with Crippen LogP contribution in [0.4, 0.5) is 0 Å². The van der Waals surface area contributed by atoms with Crippen LogP contribution in [0.25, 0.3) is 0 Å². The van der Waals surface area contributed by atoms with Gasteiger partial charge in [0.1, 0.15) is 6.04 Å². The second kappa shape index (κ2) is 4.64. The number of aliphatic hydroxyl groups is 1. The molecule has 1 aliphatic heterocycles. The first-order valence-corrected chi connectivity index (χ1v) is 6.09. The van der Waals surface area contributed by atoms with Crippen molar-refractivity contribution in [3.63, 3.8) is 0 Å². The maximum absolute atomic E-state index is 11.7. The minimum Gasteiger partial charge on any atom is -0.467 e. The van der Waals surface area contributed by atoms with Crippen LogP contribution in [0.3, 0.4) is 0 Å². The van der Waals surface area contributed by atoms with Gasteiger partial charge in [0, 0.05) is 13.0 Å². The monoisotopic (exact) mass is 241 g/mol. The Morgan fingerprint density at radius 2 is 2.00 bits per heavy atom. The summed E-state index contributed by atoms with van der Waals surface area (Å²) in [5.41, 5.74) is 0. The number of hydrogen-bond acceptors (Lipinski definition) is 4. The number of nitrogens with zero attached hydrogens (tertiary/aromatic N) is 1. The number of hydrogen-bond donors (Lipinski definition) is 1. The Bertz CT molecular complexity index is 330. The number of amides is 1. The van der Waals surface area contributed by atoms with Gasteiger partial charge in [0.05, 0.1) is 13.2 Å². The second-order valence-corrected chi connectivity index (χ2v) is 5.00. The van der Waals surface area contributed by atoms with Crippen molar-refractivity contribution < 1.29 is 19.4 Å². The molecule has 2 fully saturated rings. The zero-order chi connectivity index (χ0) is 12.6. The Kier molecular flexibility index (Phi) is 3.38. The van der Waals surface area contributed by atoms with Crippen molar-refractivity contribution in [3.05, 3.63) is 0 Å². The molecule has 1 saturated carbocycles. The zero-order valence-electron chi connectivity index (χ0n) is 10.3. The summed E-state index contributed by atoms with van der Waals surface area (Å²) >= 11 is 0. The Balaban J connectivity index is 2.20. The smallest absolute Gasteiger partial charge is 0.328 e. The van der Waals surface area contributed by atoms with E-state index in [2.05, 4.69) is 0 Å². The number of methoxy groups -OCH3 is 1. The molecule has 0 unspecified atom stereocenters. The predicted octanol–water partition coefficient (Wildman–Crippen LogP) is 0.310. The highest BCUT2D eigenvalue weighted by Gasteiger charge is 2.48. The topological polar surface area (TPSA) is 66.8 Å². The van der Waals surface area contributed by atoms with Gasteiger partial charge in [-0.2, -0.15) is 0 Å². The predicted molar refractivity (Wildman–Crippen MR) is 60.1 cm³/mol. The highest BCUT2D eigenvalue weighted by molar-refractivity contribution is 5.84. The molecule has 4 atom stereocenters. The fraction of sp³-hybridized carbons (Fsp3) is 0.833. The molecule has 0 spiro atoms. The standard InChI is InChI=1S/C12H19NO4/c1-7(14)13-10-6-9(15)4-3-8(10)5-11(13)12(16)17-2/h8-11,15H,3-6H2,1-2H3/t8-,9-,10-,11-/m0/s1. The summed E-state index contributed by atoms with van der Waals surface area (Å²) in [7, 11) is 1.34. The molecule has 0 radical (unpaired) electrons. The van der Waals surface area contributed by atoms with E-state index in [0.29, 0.717) is 18.8 Å². The zero-order valence-corrected chi connectivity index (χ0v) is 10.3. The molecule has 0 bridgehead atoms. The molecular formula is C12H19NO4. The van der Waals surface area contributed by atoms with Crippen LogP contribution in [0.1, 0.15) is 32.6 Å². The van der Waals surface area contributed by atoms with Crippen LogP contribution in [0.5, 0.6) is 0 Å². The largest absolute Gasteiger partial charge is 0.467 e. The lowest BCUT2D eigenvalue weighted by Gasteiger charge is -2.34. The minimum atomic E-state index is -0.460. The summed E-state index contributed by atoms with van der Waals surface area (Å²) in [6, 6.07) is -0.460. The van der Waals surface area contributed by atoms with E-state index in [1.165, 1.54) is 14.0 Å². The fourth-order valence-corrected chi connectivity index (χ4v) is 3.23.